The van der Waals surface area contributed by atoms with Crippen molar-refractivity contribution in [2.24, 2.45) is 0 Å². The van der Waals surface area contributed by atoms with E-state index in [9.17, 15) is 13.2 Å². The Balaban J connectivity index is 1.96. The summed E-state index contributed by atoms with van der Waals surface area (Å²) in [6.07, 6.45) is 1.07. The molecule has 0 aliphatic rings. The first-order chi connectivity index (χ1) is 14.4. The van der Waals surface area contributed by atoms with E-state index in [2.05, 4.69) is 26.1 Å². The van der Waals surface area contributed by atoms with E-state index in [0.717, 1.165) is 10.6 Å². The molecule has 1 amide bonds. The zero-order valence-corrected chi connectivity index (χ0v) is 19.8. The fourth-order valence-electron chi connectivity index (χ4n) is 3.10. The molecule has 0 aromatic heterocycles. The Labute approximate surface area is 185 Å². The fourth-order valence-corrected chi connectivity index (χ4v) is 4.27. The molecular formula is C23H32N2O5S. The van der Waals surface area contributed by atoms with Crippen LogP contribution in [0, 0.1) is 0 Å². The van der Waals surface area contributed by atoms with E-state index in [1.807, 2.05) is 24.3 Å². The lowest BCUT2D eigenvalue weighted by Gasteiger charge is -2.28. The van der Waals surface area contributed by atoms with Crippen LogP contribution in [0.4, 0.5) is 5.69 Å². The summed E-state index contributed by atoms with van der Waals surface area (Å²) in [6, 6.07) is 13.5. The van der Waals surface area contributed by atoms with E-state index in [4.69, 9.17) is 9.47 Å². The number of anilines is 1. The smallest absolute Gasteiger partial charge is 0.243 e. The second kappa shape index (κ2) is 10.0. The number of nitrogens with one attached hydrogen (secondary N) is 1. The SMILES string of the molecule is COc1cccc(N([C@H](C)C(=O)NCCOc2ccc(C(C)(C)C)cc2)S(C)(=O)=O)c1. The molecule has 2 aromatic carbocycles. The van der Waals surface area contributed by atoms with Crippen molar-refractivity contribution in [3.63, 3.8) is 0 Å². The van der Waals surface area contributed by atoms with E-state index >= 15 is 0 Å². The molecular weight excluding hydrogens is 416 g/mol. The Kier molecular flexibility index (Phi) is 7.95. The van der Waals surface area contributed by atoms with Crippen molar-refractivity contribution in [2.75, 3.05) is 30.8 Å². The van der Waals surface area contributed by atoms with Gasteiger partial charge in [0.1, 0.15) is 24.1 Å². The van der Waals surface area contributed by atoms with Crippen LogP contribution >= 0.6 is 0 Å². The minimum atomic E-state index is -3.69. The van der Waals surface area contributed by atoms with Crippen LogP contribution in [0.1, 0.15) is 33.3 Å². The van der Waals surface area contributed by atoms with Gasteiger partial charge in [-0.15, -0.1) is 0 Å². The minimum Gasteiger partial charge on any atom is -0.497 e. The lowest BCUT2D eigenvalue weighted by Crippen LogP contribution is -2.48. The highest BCUT2D eigenvalue weighted by Gasteiger charge is 2.29. The van der Waals surface area contributed by atoms with E-state index in [1.165, 1.54) is 12.7 Å². The van der Waals surface area contributed by atoms with Crippen molar-refractivity contribution in [2.45, 2.75) is 39.2 Å². The van der Waals surface area contributed by atoms with Crippen LogP contribution in [0.2, 0.25) is 0 Å². The molecule has 0 bridgehead atoms. The normalized spacial score (nSPS) is 12.7. The first-order valence-corrected chi connectivity index (χ1v) is 11.9. The Morgan fingerprint density at radius 3 is 2.29 bits per heavy atom. The molecule has 0 saturated carbocycles. The molecule has 170 valence electrons. The van der Waals surface area contributed by atoms with Gasteiger partial charge in [0.05, 0.1) is 25.6 Å². The van der Waals surface area contributed by atoms with Crippen LogP contribution in [0.5, 0.6) is 11.5 Å². The maximum atomic E-state index is 12.6. The van der Waals surface area contributed by atoms with Gasteiger partial charge in [-0.1, -0.05) is 39.0 Å². The molecule has 0 fully saturated rings. The number of hydrogen-bond donors (Lipinski definition) is 1. The zero-order valence-electron chi connectivity index (χ0n) is 19.0. The summed E-state index contributed by atoms with van der Waals surface area (Å²) < 4.78 is 36.7. The van der Waals surface area contributed by atoms with Gasteiger partial charge in [-0.05, 0) is 42.2 Å². The molecule has 8 heteroatoms. The number of carbonyl (C=O) groups is 1. The molecule has 0 heterocycles. The topological polar surface area (TPSA) is 84.9 Å². The van der Waals surface area contributed by atoms with Crippen LogP contribution in [0.15, 0.2) is 48.5 Å². The first kappa shape index (κ1) is 24.5. The van der Waals surface area contributed by atoms with Crippen LogP contribution < -0.4 is 19.1 Å². The molecule has 0 spiro atoms. The van der Waals surface area contributed by atoms with Crippen molar-refractivity contribution >= 4 is 21.6 Å². The quantitative estimate of drug-likeness (QED) is 0.595. The summed E-state index contributed by atoms with van der Waals surface area (Å²) in [6.45, 7) is 8.49. The number of carbonyl (C=O) groups excluding carboxylic acids is 1. The van der Waals surface area contributed by atoms with Gasteiger partial charge in [-0.3, -0.25) is 9.10 Å². The maximum Gasteiger partial charge on any atom is 0.243 e. The van der Waals surface area contributed by atoms with Crippen molar-refractivity contribution in [3.05, 3.63) is 54.1 Å². The molecule has 2 aromatic rings. The number of hydrogen-bond acceptors (Lipinski definition) is 5. The minimum absolute atomic E-state index is 0.0664. The number of amides is 1. The molecule has 0 aliphatic heterocycles. The monoisotopic (exact) mass is 448 g/mol. The average molecular weight is 449 g/mol. The third-order valence-corrected chi connectivity index (χ3v) is 6.03. The summed E-state index contributed by atoms with van der Waals surface area (Å²) in [5.74, 6) is 0.800. The molecule has 0 radical (unpaired) electrons. The van der Waals surface area contributed by atoms with Crippen molar-refractivity contribution < 1.29 is 22.7 Å². The van der Waals surface area contributed by atoms with E-state index < -0.39 is 22.0 Å². The summed E-state index contributed by atoms with van der Waals surface area (Å²) >= 11 is 0. The summed E-state index contributed by atoms with van der Waals surface area (Å²) in [4.78, 5) is 12.6. The van der Waals surface area contributed by atoms with Gasteiger partial charge in [-0.2, -0.15) is 0 Å². The van der Waals surface area contributed by atoms with Crippen molar-refractivity contribution in [1.82, 2.24) is 5.32 Å². The number of nitrogens with zero attached hydrogens (tertiary/aromatic N) is 1. The van der Waals surface area contributed by atoms with Crippen LogP contribution in [0.3, 0.4) is 0 Å². The van der Waals surface area contributed by atoms with Gasteiger partial charge in [0.25, 0.3) is 0 Å². The van der Waals surface area contributed by atoms with Crippen molar-refractivity contribution in [1.29, 1.82) is 0 Å². The predicted molar refractivity (Wildman–Crippen MR) is 123 cm³/mol. The number of benzene rings is 2. The Hall–Kier alpha value is -2.74. The molecule has 7 nitrogen and oxygen atoms in total. The lowest BCUT2D eigenvalue weighted by atomic mass is 9.87. The van der Waals surface area contributed by atoms with E-state index in [0.29, 0.717) is 17.2 Å². The van der Waals surface area contributed by atoms with Gasteiger partial charge in [0, 0.05) is 6.07 Å². The maximum absolute atomic E-state index is 12.6. The molecule has 1 atom stereocenters. The highest BCUT2D eigenvalue weighted by Crippen LogP contribution is 2.26. The third kappa shape index (κ3) is 6.89. The van der Waals surface area contributed by atoms with Crippen molar-refractivity contribution in [3.8, 4) is 11.5 Å². The van der Waals surface area contributed by atoms with Gasteiger partial charge in [0.2, 0.25) is 15.9 Å². The third-order valence-electron chi connectivity index (χ3n) is 4.79. The molecule has 0 saturated heterocycles. The highest BCUT2D eigenvalue weighted by atomic mass is 32.2. The van der Waals surface area contributed by atoms with E-state index in [1.54, 1.807) is 31.2 Å². The lowest BCUT2D eigenvalue weighted by molar-refractivity contribution is -0.121. The Morgan fingerprint density at radius 2 is 1.74 bits per heavy atom. The van der Waals surface area contributed by atoms with E-state index in [-0.39, 0.29) is 18.6 Å². The highest BCUT2D eigenvalue weighted by molar-refractivity contribution is 7.92. The zero-order chi connectivity index (χ0) is 23.2. The average Bonchev–Trinajstić information content (AvgIpc) is 2.70. The molecule has 0 unspecified atom stereocenters. The summed E-state index contributed by atoms with van der Waals surface area (Å²) in [5.41, 5.74) is 1.64. The molecule has 1 N–H and O–H groups in total. The summed E-state index contributed by atoms with van der Waals surface area (Å²) in [7, 11) is -2.19. The van der Waals surface area contributed by atoms with Gasteiger partial charge < -0.3 is 14.8 Å². The van der Waals surface area contributed by atoms with Gasteiger partial charge in [0.15, 0.2) is 0 Å². The van der Waals surface area contributed by atoms with Crippen LogP contribution in [-0.4, -0.2) is 46.9 Å². The number of rotatable bonds is 9. The van der Waals surface area contributed by atoms with Gasteiger partial charge in [-0.25, -0.2) is 8.42 Å². The first-order valence-electron chi connectivity index (χ1n) is 10.1. The predicted octanol–water partition coefficient (Wildman–Crippen LogP) is 3.34. The standard InChI is InChI=1S/C23H32N2O5S/c1-17(25(31(6,27)28)19-8-7-9-21(16-19)29-5)22(26)24-14-15-30-20-12-10-18(11-13-20)23(2,3)4/h7-13,16-17H,14-15H2,1-6H3,(H,24,26)/t17-/m1/s1. The fraction of sp³-hybridized carbons (Fsp3) is 0.435. The second-order valence-corrected chi connectivity index (χ2v) is 10.2. The second-order valence-electron chi connectivity index (χ2n) is 8.35. The number of sulfonamides is 1. The number of ether oxygens (including phenoxy) is 2. The molecule has 31 heavy (non-hydrogen) atoms. The number of methoxy groups -OCH3 is 1. The molecule has 0 aliphatic carbocycles. The van der Waals surface area contributed by atoms with Crippen LogP contribution in [0.25, 0.3) is 0 Å². The van der Waals surface area contributed by atoms with Crippen LogP contribution in [-0.2, 0) is 20.2 Å². The Bertz CT molecular complexity index is 982. The van der Waals surface area contributed by atoms with Gasteiger partial charge >= 0.3 is 0 Å². The Morgan fingerprint density at radius 1 is 1.10 bits per heavy atom. The molecule has 2 rings (SSSR count). The summed E-state index contributed by atoms with van der Waals surface area (Å²) in [5, 5.41) is 2.74. The largest absolute Gasteiger partial charge is 0.497 e.